The van der Waals surface area contributed by atoms with Gasteiger partial charge in [-0.1, -0.05) is 13.3 Å². The van der Waals surface area contributed by atoms with Gasteiger partial charge in [0.25, 0.3) is 0 Å². The van der Waals surface area contributed by atoms with Gasteiger partial charge in [0.15, 0.2) is 0 Å². The lowest BCUT2D eigenvalue weighted by Gasteiger charge is -2.06. The lowest BCUT2D eigenvalue weighted by atomic mass is 10.3. The Balaban J connectivity index is 2.83. The molecule has 0 unspecified atom stereocenters. The lowest BCUT2D eigenvalue weighted by Crippen LogP contribution is -2.21. The second-order valence-corrected chi connectivity index (χ2v) is 3.67. The highest BCUT2D eigenvalue weighted by Gasteiger charge is 1.91. The predicted molar refractivity (Wildman–Crippen MR) is 65.9 cm³/mol. The third-order valence-electron chi connectivity index (χ3n) is 2.14. The first-order valence-corrected chi connectivity index (χ1v) is 6.27. The summed E-state index contributed by atoms with van der Waals surface area (Å²) in [6.45, 7) is 7.87. The van der Waals surface area contributed by atoms with E-state index < -0.39 is 0 Å². The zero-order valence-electron chi connectivity index (χ0n) is 10.8. The molecular weight excluding hydrogens is 206 g/mol. The molecular formula is C12H27NO3. The van der Waals surface area contributed by atoms with E-state index in [9.17, 15) is 0 Å². The summed E-state index contributed by atoms with van der Waals surface area (Å²) in [7, 11) is 1.70. The summed E-state index contributed by atoms with van der Waals surface area (Å²) in [6.07, 6.45) is 3.43. The number of unbranched alkanes of at least 4 members (excludes halogenated alkanes) is 1. The van der Waals surface area contributed by atoms with Crippen molar-refractivity contribution in [3.8, 4) is 0 Å². The monoisotopic (exact) mass is 233 g/mol. The average Bonchev–Trinajstić information content (AvgIpc) is 2.31. The maximum atomic E-state index is 5.40. The molecule has 0 aliphatic carbocycles. The summed E-state index contributed by atoms with van der Waals surface area (Å²) < 4.78 is 15.7. The Morgan fingerprint density at radius 2 is 1.56 bits per heavy atom. The third kappa shape index (κ3) is 13.8. The Morgan fingerprint density at radius 1 is 0.812 bits per heavy atom. The van der Waals surface area contributed by atoms with Crippen molar-refractivity contribution < 1.29 is 14.2 Å². The largest absolute Gasteiger partial charge is 0.385 e. The smallest absolute Gasteiger partial charge is 0.0701 e. The van der Waals surface area contributed by atoms with Crippen LogP contribution in [-0.4, -0.2) is 53.2 Å². The zero-order chi connectivity index (χ0) is 11.9. The predicted octanol–water partition coefficient (Wildman–Crippen LogP) is 1.45. The Morgan fingerprint density at radius 3 is 2.25 bits per heavy atom. The molecule has 0 heterocycles. The summed E-state index contributed by atoms with van der Waals surface area (Å²) in [4.78, 5) is 0. The van der Waals surface area contributed by atoms with Gasteiger partial charge in [-0.2, -0.15) is 0 Å². The molecule has 16 heavy (non-hydrogen) atoms. The number of hydrogen-bond acceptors (Lipinski definition) is 4. The van der Waals surface area contributed by atoms with E-state index in [1.54, 1.807) is 7.11 Å². The summed E-state index contributed by atoms with van der Waals surface area (Å²) in [5.41, 5.74) is 0. The van der Waals surface area contributed by atoms with Gasteiger partial charge >= 0.3 is 0 Å². The molecule has 0 aromatic heterocycles. The van der Waals surface area contributed by atoms with E-state index in [-0.39, 0.29) is 0 Å². The Bertz CT molecular complexity index is 109. The number of nitrogens with one attached hydrogen (secondary N) is 1. The fourth-order valence-electron chi connectivity index (χ4n) is 1.20. The van der Waals surface area contributed by atoms with Crippen LogP contribution in [-0.2, 0) is 14.2 Å². The minimum absolute atomic E-state index is 0.679. The van der Waals surface area contributed by atoms with Crippen LogP contribution in [0.25, 0.3) is 0 Å². The van der Waals surface area contributed by atoms with Crippen molar-refractivity contribution in [3.63, 3.8) is 0 Å². The first-order chi connectivity index (χ1) is 7.91. The fraction of sp³-hybridized carbons (Fsp3) is 1.00. The van der Waals surface area contributed by atoms with Crippen molar-refractivity contribution in [2.24, 2.45) is 0 Å². The molecule has 4 nitrogen and oxygen atoms in total. The van der Waals surface area contributed by atoms with Gasteiger partial charge in [-0.05, 0) is 19.4 Å². The van der Waals surface area contributed by atoms with E-state index in [0.717, 1.165) is 39.3 Å². The molecule has 0 aliphatic heterocycles. The summed E-state index contributed by atoms with van der Waals surface area (Å²) >= 11 is 0. The maximum absolute atomic E-state index is 5.40. The van der Waals surface area contributed by atoms with Crippen molar-refractivity contribution in [2.75, 3.05) is 53.2 Å². The zero-order valence-corrected chi connectivity index (χ0v) is 10.8. The van der Waals surface area contributed by atoms with Gasteiger partial charge in [-0.3, -0.25) is 0 Å². The molecule has 0 fully saturated rings. The van der Waals surface area contributed by atoms with Crippen LogP contribution in [0.5, 0.6) is 0 Å². The van der Waals surface area contributed by atoms with E-state index in [0.29, 0.717) is 13.2 Å². The third-order valence-corrected chi connectivity index (χ3v) is 2.14. The van der Waals surface area contributed by atoms with Crippen LogP contribution in [0.15, 0.2) is 0 Å². The van der Waals surface area contributed by atoms with Crippen LogP contribution < -0.4 is 5.32 Å². The summed E-state index contributed by atoms with van der Waals surface area (Å²) in [6, 6.07) is 0. The van der Waals surface area contributed by atoms with Crippen molar-refractivity contribution in [1.29, 1.82) is 0 Å². The standard InChI is InChI=1S/C12H27NO3/c1-3-4-6-13-7-10-16-12-11-15-9-5-8-14-2/h13H,3-12H2,1-2H3. The van der Waals surface area contributed by atoms with E-state index in [1.165, 1.54) is 12.8 Å². The lowest BCUT2D eigenvalue weighted by molar-refractivity contribution is 0.0408. The number of methoxy groups -OCH3 is 1. The first kappa shape index (κ1) is 15.8. The Labute approximate surface area is 99.6 Å². The fourth-order valence-corrected chi connectivity index (χ4v) is 1.20. The second kappa shape index (κ2) is 14.8. The van der Waals surface area contributed by atoms with Gasteiger partial charge in [-0.15, -0.1) is 0 Å². The number of ether oxygens (including phenoxy) is 3. The van der Waals surface area contributed by atoms with Gasteiger partial charge in [0.05, 0.1) is 19.8 Å². The van der Waals surface area contributed by atoms with E-state index in [2.05, 4.69) is 12.2 Å². The molecule has 0 rings (SSSR count). The minimum Gasteiger partial charge on any atom is -0.385 e. The molecule has 0 atom stereocenters. The van der Waals surface area contributed by atoms with Crippen molar-refractivity contribution in [1.82, 2.24) is 5.32 Å². The van der Waals surface area contributed by atoms with Crippen molar-refractivity contribution in [2.45, 2.75) is 26.2 Å². The highest BCUT2D eigenvalue weighted by molar-refractivity contribution is 4.45. The molecule has 0 bridgehead atoms. The molecule has 1 N–H and O–H groups in total. The van der Waals surface area contributed by atoms with Crippen molar-refractivity contribution >= 4 is 0 Å². The van der Waals surface area contributed by atoms with Crippen LogP contribution in [0.3, 0.4) is 0 Å². The maximum Gasteiger partial charge on any atom is 0.0701 e. The molecule has 0 aromatic carbocycles. The quantitative estimate of drug-likeness (QED) is 0.489. The SMILES string of the molecule is CCCCNCCOCCOCCCOC. The molecule has 0 aliphatic rings. The molecule has 0 radical (unpaired) electrons. The van der Waals surface area contributed by atoms with Crippen LogP contribution in [0.4, 0.5) is 0 Å². The molecule has 0 saturated heterocycles. The topological polar surface area (TPSA) is 39.7 Å². The molecule has 4 heteroatoms. The molecule has 0 saturated carbocycles. The van der Waals surface area contributed by atoms with E-state index >= 15 is 0 Å². The van der Waals surface area contributed by atoms with Gasteiger partial charge in [0.1, 0.15) is 0 Å². The molecule has 98 valence electrons. The normalized spacial score (nSPS) is 10.9. The second-order valence-electron chi connectivity index (χ2n) is 3.67. The van der Waals surface area contributed by atoms with Crippen LogP contribution in [0.1, 0.15) is 26.2 Å². The van der Waals surface area contributed by atoms with Crippen LogP contribution in [0.2, 0.25) is 0 Å². The highest BCUT2D eigenvalue weighted by atomic mass is 16.5. The molecule has 0 spiro atoms. The minimum atomic E-state index is 0.679. The number of rotatable bonds is 13. The Kier molecular flexibility index (Phi) is 14.7. The summed E-state index contributed by atoms with van der Waals surface area (Å²) in [5, 5.41) is 3.32. The van der Waals surface area contributed by atoms with Gasteiger partial charge in [-0.25, -0.2) is 0 Å². The van der Waals surface area contributed by atoms with Crippen LogP contribution in [0, 0.1) is 0 Å². The Hall–Kier alpha value is -0.160. The van der Waals surface area contributed by atoms with E-state index in [1.807, 2.05) is 0 Å². The van der Waals surface area contributed by atoms with Crippen LogP contribution >= 0.6 is 0 Å². The van der Waals surface area contributed by atoms with E-state index in [4.69, 9.17) is 14.2 Å². The van der Waals surface area contributed by atoms with Gasteiger partial charge in [0.2, 0.25) is 0 Å². The van der Waals surface area contributed by atoms with Gasteiger partial charge < -0.3 is 19.5 Å². The molecule has 0 aromatic rings. The van der Waals surface area contributed by atoms with Gasteiger partial charge in [0, 0.05) is 26.9 Å². The number of hydrogen-bond donors (Lipinski definition) is 1. The van der Waals surface area contributed by atoms with Crippen molar-refractivity contribution in [3.05, 3.63) is 0 Å². The summed E-state index contributed by atoms with van der Waals surface area (Å²) in [5.74, 6) is 0. The first-order valence-electron chi connectivity index (χ1n) is 6.27. The highest BCUT2D eigenvalue weighted by Crippen LogP contribution is 1.85. The average molecular weight is 233 g/mol. The molecule has 0 amide bonds.